The molecule has 1 aromatic carbocycles. The molecule has 0 spiro atoms. The van der Waals surface area contributed by atoms with E-state index in [1.165, 1.54) is 12.1 Å². The largest absolute Gasteiger partial charge is 0.375 e. The van der Waals surface area contributed by atoms with Gasteiger partial charge in [0.05, 0.1) is 9.85 Å². The predicted molar refractivity (Wildman–Crippen MR) is 80.9 cm³/mol. The van der Waals surface area contributed by atoms with Crippen LogP contribution in [0.1, 0.15) is 16.0 Å². The van der Waals surface area contributed by atoms with Crippen LogP contribution in [0.2, 0.25) is 0 Å². The van der Waals surface area contributed by atoms with Crippen LogP contribution in [0.25, 0.3) is 0 Å². The molecular weight excluding hydrogens is 294 g/mol. The van der Waals surface area contributed by atoms with E-state index in [4.69, 9.17) is 0 Å². The monoisotopic (exact) mass is 307 g/mol. The molecule has 0 amide bonds. The van der Waals surface area contributed by atoms with Crippen LogP contribution in [0.4, 0.5) is 16.4 Å². The second-order valence-electron chi connectivity index (χ2n) is 4.56. The first kappa shape index (κ1) is 14.9. The number of aryl methyl sites for hydroxylation is 2. The number of nitrogens with one attached hydrogen (secondary N) is 1. The lowest BCUT2D eigenvalue weighted by atomic mass is 10.1. The van der Waals surface area contributed by atoms with Crippen molar-refractivity contribution in [2.45, 2.75) is 20.4 Å². The van der Waals surface area contributed by atoms with E-state index in [0.717, 1.165) is 27.3 Å². The molecule has 0 bridgehead atoms. The molecule has 2 aromatic rings. The average Bonchev–Trinajstić information content (AvgIpc) is 2.88. The summed E-state index contributed by atoms with van der Waals surface area (Å²) < 4.78 is 0. The number of thiophene rings is 1. The predicted octanol–water partition coefficient (Wildman–Crippen LogP) is 3.79. The maximum absolute atomic E-state index is 11.1. The normalized spacial score (nSPS) is 10.4. The van der Waals surface area contributed by atoms with Gasteiger partial charge in [-0.3, -0.25) is 20.2 Å². The fourth-order valence-electron chi connectivity index (χ4n) is 1.84. The van der Waals surface area contributed by atoms with Gasteiger partial charge < -0.3 is 5.32 Å². The highest BCUT2D eigenvalue weighted by molar-refractivity contribution is 7.15. The third kappa shape index (κ3) is 3.34. The molecule has 0 saturated heterocycles. The minimum Gasteiger partial charge on any atom is -0.375 e. The summed E-state index contributed by atoms with van der Waals surface area (Å²) in [6.07, 6.45) is 0. The Labute approximate surface area is 124 Å². The van der Waals surface area contributed by atoms with Crippen molar-refractivity contribution < 1.29 is 9.85 Å². The third-order valence-electron chi connectivity index (χ3n) is 3.09. The van der Waals surface area contributed by atoms with Gasteiger partial charge in [-0.05, 0) is 37.1 Å². The minimum absolute atomic E-state index is 0.00385. The second-order valence-corrected chi connectivity index (χ2v) is 5.71. The van der Waals surface area contributed by atoms with Gasteiger partial charge in [0, 0.05) is 23.6 Å². The number of rotatable bonds is 5. The van der Waals surface area contributed by atoms with Crippen molar-refractivity contribution >= 4 is 27.7 Å². The van der Waals surface area contributed by atoms with Crippen molar-refractivity contribution in [1.29, 1.82) is 0 Å². The number of hydrogen-bond donors (Lipinski definition) is 1. The molecule has 1 aromatic heterocycles. The number of anilines is 1. The van der Waals surface area contributed by atoms with Crippen LogP contribution in [0.3, 0.4) is 0 Å². The molecule has 0 unspecified atom stereocenters. The van der Waals surface area contributed by atoms with Crippen LogP contribution in [0.15, 0.2) is 24.3 Å². The first-order chi connectivity index (χ1) is 9.88. The number of nitrogens with zero attached hydrogens (tertiary/aromatic N) is 2. The zero-order chi connectivity index (χ0) is 15.6. The molecule has 7 nitrogen and oxygen atoms in total. The quantitative estimate of drug-likeness (QED) is 0.669. The van der Waals surface area contributed by atoms with E-state index in [-0.39, 0.29) is 10.7 Å². The molecule has 0 aliphatic heterocycles. The lowest BCUT2D eigenvalue weighted by Gasteiger charge is -2.08. The maximum Gasteiger partial charge on any atom is 0.324 e. The van der Waals surface area contributed by atoms with Crippen LogP contribution in [0, 0.1) is 34.1 Å². The van der Waals surface area contributed by atoms with Gasteiger partial charge >= 0.3 is 5.00 Å². The smallest absolute Gasteiger partial charge is 0.324 e. The van der Waals surface area contributed by atoms with Crippen LogP contribution in [0.5, 0.6) is 0 Å². The number of nitro groups is 2. The highest BCUT2D eigenvalue weighted by Gasteiger charge is 2.16. The zero-order valence-corrected chi connectivity index (χ0v) is 12.3. The molecule has 0 atom stereocenters. The minimum atomic E-state index is -0.452. The highest BCUT2D eigenvalue weighted by atomic mass is 32.1. The Bertz CT molecular complexity index is 711. The van der Waals surface area contributed by atoms with Crippen molar-refractivity contribution in [3.63, 3.8) is 0 Å². The van der Waals surface area contributed by atoms with Gasteiger partial charge in [0.1, 0.15) is 5.69 Å². The SMILES string of the molecule is Cc1cc(NCc2ccc([N+](=O)[O-])s2)c([N+](=O)[O-])cc1C. The Morgan fingerprint density at radius 2 is 1.76 bits per heavy atom. The van der Waals surface area contributed by atoms with E-state index in [2.05, 4.69) is 5.32 Å². The van der Waals surface area contributed by atoms with E-state index in [9.17, 15) is 20.2 Å². The Hall–Kier alpha value is -2.48. The summed E-state index contributed by atoms with van der Waals surface area (Å²) in [5, 5.41) is 24.7. The van der Waals surface area contributed by atoms with Gasteiger partial charge in [-0.1, -0.05) is 11.3 Å². The van der Waals surface area contributed by atoms with Crippen LogP contribution < -0.4 is 5.32 Å². The fraction of sp³-hybridized carbons (Fsp3) is 0.231. The highest BCUT2D eigenvalue weighted by Crippen LogP contribution is 2.30. The summed E-state index contributed by atoms with van der Waals surface area (Å²) in [4.78, 5) is 21.5. The lowest BCUT2D eigenvalue weighted by molar-refractivity contribution is -0.384. The Morgan fingerprint density at radius 3 is 2.33 bits per heavy atom. The molecule has 0 radical (unpaired) electrons. The lowest BCUT2D eigenvalue weighted by Crippen LogP contribution is -2.02. The molecule has 1 N–H and O–H groups in total. The van der Waals surface area contributed by atoms with Gasteiger partial charge in [0.15, 0.2) is 0 Å². The van der Waals surface area contributed by atoms with Crippen molar-refractivity contribution in [3.8, 4) is 0 Å². The second kappa shape index (κ2) is 5.88. The summed E-state index contributed by atoms with van der Waals surface area (Å²) >= 11 is 1.05. The van der Waals surface area contributed by atoms with E-state index < -0.39 is 9.85 Å². The molecule has 8 heteroatoms. The van der Waals surface area contributed by atoms with E-state index in [1.54, 1.807) is 12.1 Å². The standard InChI is InChI=1S/C13H13N3O4S/c1-8-5-11(12(15(17)18)6-9(8)2)14-7-10-3-4-13(21-10)16(19)20/h3-6,14H,7H2,1-2H3. The van der Waals surface area contributed by atoms with Gasteiger partial charge in [-0.15, -0.1) is 0 Å². The van der Waals surface area contributed by atoms with Crippen LogP contribution >= 0.6 is 11.3 Å². The van der Waals surface area contributed by atoms with E-state index in [0.29, 0.717) is 12.2 Å². The molecule has 0 saturated carbocycles. The van der Waals surface area contributed by atoms with Crippen molar-refractivity contribution in [3.05, 3.63) is 60.5 Å². The first-order valence-electron chi connectivity index (χ1n) is 6.11. The number of nitro benzene ring substituents is 1. The molecule has 0 aliphatic carbocycles. The third-order valence-corrected chi connectivity index (χ3v) is 4.13. The van der Waals surface area contributed by atoms with Gasteiger partial charge in [-0.25, -0.2) is 0 Å². The topological polar surface area (TPSA) is 98.3 Å². The molecule has 21 heavy (non-hydrogen) atoms. The van der Waals surface area contributed by atoms with E-state index >= 15 is 0 Å². The molecule has 110 valence electrons. The molecule has 0 aliphatic rings. The van der Waals surface area contributed by atoms with Crippen molar-refractivity contribution in [1.82, 2.24) is 0 Å². The Kier molecular flexibility index (Phi) is 4.18. The summed E-state index contributed by atoms with van der Waals surface area (Å²) in [6, 6.07) is 6.31. The van der Waals surface area contributed by atoms with Crippen LogP contribution in [-0.2, 0) is 6.54 Å². The Morgan fingerprint density at radius 1 is 1.10 bits per heavy atom. The fourth-order valence-corrected chi connectivity index (χ4v) is 2.60. The molecule has 2 rings (SSSR count). The van der Waals surface area contributed by atoms with E-state index in [1.807, 2.05) is 13.8 Å². The summed E-state index contributed by atoms with van der Waals surface area (Å²) in [7, 11) is 0. The van der Waals surface area contributed by atoms with Crippen LogP contribution in [-0.4, -0.2) is 9.85 Å². The number of benzene rings is 1. The maximum atomic E-state index is 11.1. The average molecular weight is 307 g/mol. The number of hydrogen-bond acceptors (Lipinski definition) is 6. The molecular formula is C13H13N3O4S. The zero-order valence-electron chi connectivity index (χ0n) is 11.5. The summed E-state index contributed by atoms with van der Waals surface area (Å²) in [6.45, 7) is 4.00. The molecule has 0 fully saturated rings. The molecule has 1 heterocycles. The van der Waals surface area contributed by atoms with Crippen molar-refractivity contribution in [2.75, 3.05) is 5.32 Å². The Balaban J connectivity index is 2.20. The van der Waals surface area contributed by atoms with Gasteiger partial charge in [0.2, 0.25) is 0 Å². The summed E-state index contributed by atoms with van der Waals surface area (Å²) in [5.41, 5.74) is 2.21. The van der Waals surface area contributed by atoms with Gasteiger partial charge in [-0.2, -0.15) is 0 Å². The first-order valence-corrected chi connectivity index (χ1v) is 6.92. The van der Waals surface area contributed by atoms with Crippen molar-refractivity contribution in [2.24, 2.45) is 0 Å². The van der Waals surface area contributed by atoms with Gasteiger partial charge in [0.25, 0.3) is 5.69 Å². The summed E-state index contributed by atoms with van der Waals surface area (Å²) in [5.74, 6) is 0.